The van der Waals surface area contributed by atoms with Crippen LogP contribution in [0.1, 0.15) is 18.9 Å². The van der Waals surface area contributed by atoms with Crippen LogP contribution in [0.2, 0.25) is 0 Å². The van der Waals surface area contributed by atoms with E-state index >= 15 is 0 Å². The summed E-state index contributed by atoms with van der Waals surface area (Å²) in [5.74, 6) is 0.471. The SMILES string of the molecule is CCc1ccc(NC(=O)N(C)CC2CCOC2)cc1. The maximum Gasteiger partial charge on any atom is 0.321 e. The zero-order chi connectivity index (χ0) is 13.7. The third-order valence-electron chi connectivity index (χ3n) is 3.52. The topological polar surface area (TPSA) is 41.6 Å². The molecule has 1 aromatic rings. The van der Waals surface area contributed by atoms with Crippen molar-refractivity contribution in [1.82, 2.24) is 4.90 Å². The molecule has 0 radical (unpaired) electrons. The lowest BCUT2D eigenvalue weighted by molar-refractivity contribution is 0.175. The Kier molecular flexibility index (Phi) is 4.80. The predicted octanol–water partition coefficient (Wildman–Crippen LogP) is 2.75. The number of hydrogen-bond donors (Lipinski definition) is 1. The summed E-state index contributed by atoms with van der Waals surface area (Å²) in [5, 5.41) is 2.91. The number of rotatable bonds is 4. The minimum atomic E-state index is -0.0591. The van der Waals surface area contributed by atoms with E-state index in [4.69, 9.17) is 4.74 Å². The van der Waals surface area contributed by atoms with Crippen LogP contribution in [-0.2, 0) is 11.2 Å². The normalized spacial score (nSPS) is 18.3. The van der Waals surface area contributed by atoms with Gasteiger partial charge in [0.05, 0.1) is 6.61 Å². The fourth-order valence-electron chi connectivity index (χ4n) is 2.24. The van der Waals surface area contributed by atoms with Gasteiger partial charge in [-0.1, -0.05) is 19.1 Å². The maximum atomic E-state index is 12.0. The number of carbonyl (C=O) groups is 1. The van der Waals surface area contributed by atoms with Crippen molar-refractivity contribution in [3.05, 3.63) is 29.8 Å². The highest BCUT2D eigenvalue weighted by atomic mass is 16.5. The molecule has 0 spiro atoms. The highest BCUT2D eigenvalue weighted by Gasteiger charge is 2.19. The number of hydrogen-bond acceptors (Lipinski definition) is 2. The van der Waals surface area contributed by atoms with E-state index in [0.29, 0.717) is 5.92 Å². The second kappa shape index (κ2) is 6.57. The molecule has 19 heavy (non-hydrogen) atoms. The Morgan fingerprint density at radius 1 is 1.42 bits per heavy atom. The number of ether oxygens (including phenoxy) is 1. The molecule has 4 heteroatoms. The monoisotopic (exact) mass is 262 g/mol. The van der Waals surface area contributed by atoms with Crippen molar-refractivity contribution in [2.24, 2.45) is 5.92 Å². The predicted molar refractivity (Wildman–Crippen MR) is 76.4 cm³/mol. The van der Waals surface area contributed by atoms with Crippen LogP contribution in [-0.4, -0.2) is 37.7 Å². The lowest BCUT2D eigenvalue weighted by Gasteiger charge is -2.20. The molecule has 104 valence electrons. The number of aryl methyl sites for hydroxylation is 1. The Labute approximate surface area is 114 Å². The molecule has 1 fully saturated rings. The molecule has 1 atom stereocenters. The van der Waals surface area contributed by atoms with Gasteiger partial charge in [0.15, 0.2) is 0 Å². The molecule has 2 amide bonds. The van der Waals surface area contributed by atoms with Gasteiger partial charge in [-0.25, -0.2) is 4.79 Å². The summed E-state index contributed by atoms with van der Waals surface area (Å²) in [5.41, 5.74) is 2.12. The van der Waals surface area contributed by atoms with Crippen molar-refractivity contribution in [3.8, 4) is 0 Å². The first-order valence-electron chi connectivity index (χ1n) is 6.88. The van der Waals surface area contributed by atoms with Gasteiger partial charge in [0.2, 0.25) is 0 Å². The molecule has 0 bridgehead atoms. The Hall–Kier alpha value is -1.55. The molecular formula is C15H22N2O2. The van der Waals surface area contributed by atoms with E-state index in [-0.39, 0.29) is 6.03 Å². The minimum absolute atomic E-state index is 0.0591. The van der Waals surface area contributed by atoms with Gasteiger partial charge in [-0.2, -0.15) is 0 Å². The molecule has 1 aromatic carbocycles. The van der Waals surface area contributed by atoms with E-state index in [1.807, 2.05) is 31.3 Å². The smallest absolute Gasteiger partial charge is 0.321 e. The lowest BCUT2D eigenvalue weighted by Crippen LogP contribution is -2.35. The minimum Gasteiger partial charge on any atom is -0.381 e. The number of amides is 2. The van der Waals surface area contributed by atoms with Gasteiger partial charge in [0, 0.05) is 31.8 Å². The second-order valence-corrected chi connectivity index (χ2v) is 5.09. The van der Waals surface area contributed by atoms with Crippen LogP contribution in [0, 0.1) is 5.92 Å². The molecule has 1 aliphatic rings. The molecule has 1 N–H and O–H groups in total. The number of carbonyl (C=O) groups excluding carboxylic acids is 1. The Bertz CT molecular complexity index is 411. The maximum absolute atomic E-state index is 12.0. The largest absolute Gasteiger partial charge is 0.381 e. The Morgan fingerprint density at radius 2 is 2.16 bits per heavy atom. The van der Waals surface area contributed by atoms with Crippen LogP contribution in [0.15, 0.2) is 24.3 Å². The number of anilines is 1. The van der Waals surface area contributed by atoms with E-state index in [2.05, 4.69) is 12.2 Å². The number of urea groups is 1. The highest BCUT2D eigenvalue weighted by molar-refractivity contribution is 5.89. The molecule has 1 aliphatic heterocycles. The first kappa shape index (κ1) is 13.9. The van der Waals surface area contributed by atoms with Crippen molar-refractivity contribution >= 4 is 11.7 Å². The van der Waals surface area contributed by atoms with Crippen molar-refractivity contribution in [2.75, 3.05) is 32.1 Å². The molecule has 4 nitrogen and oxygen atoms in total. The van der Waals surface area contributed by atoms with Gasteiger partial charge in [-0.05, 0) is 30.5 Å². The zero-order valence-corrected chi connectivity index (χ0v) is 11.7. The number of nitrogens with one attached hydrogen (secondary N) is 1. The van der Waals surface area contributed by atoms with Crippen molar-refractivity contribution in [1.29, 1.82) is 0 Å². The van der Waals surface area contributed by atoms with Crippen LogP contribution in [0.4, 0.5) is 10.5 Å². The van der Waals surface area contributed by atoms with Crippen molar-refractivity contribution in [3.63, 3.8) is 0 Å². The third-order valence-corrected chi connectivity index (χ3v) is 3.52. The fraction of sp³-hybridized carbons (Fsp3) is 0.533. The van der Waals surface area contributed by atoms with Gasteiger partial charge < -0.3 is 15.0 Å². The zero-order valence-electron chi connectivity index (χ0n) is 11.7. The summed E-state index contributed by atoms with van der Waals surface area (Å²) in [6, 6.07) is 7.92. The first-order chi connectivity index (χ1) is 9.19. The molecule has 0 aliphatic carbocycles. The lowest BCUT2D eigenvalue weighted by atomic mass is 10.1. The van der Waals surface area contributed by atoms with Crippen LogP contribution < -0.4 is 5.32 Å². The summed E-state index contributed by atoms with van der Waals surface area (Å²) >= 11 is 0. The quantitative estimate of drug-likeness (QED) is 0.906. The van der Waals surface area contributed by atoms with E-state index in [0.717, 1.165) is 38.3 Å². The standard InChI is InChI=1S/C15H22N2O2/c1-3-12-4-6-14(7-5-12)16-15(18)17(2)10-13-8-9-19-11-13/h4-7,13H,3,8-11H2,1-2H3,(H,16,18). The van der Waals surface area contributed by atoms with E-state index in [9.17, 15) is 4.79 Å². The molecule has 2 rings (SSSR count). The molecule has 1 heterocycles. The van der Waals surface area contributed by atoms with Crippen LogP contribution in [0.5, 0.6) is 0 Å². The van der Waals surface area contributed by atoms with E-state index in [1.54, 1.807) is 4.90 Å². The second-order valence-electron chi connectivity index (χ2n) is 5.09. The number of benzene rings is 1. The highest BCUT2D eigenvalue weighted by Crippen LogP contribution is 2.14. The van der Waals surface area contributed by atoms with Gasteiger partial charge in [-0.3, -0.25) is 0 Å². The summed E-state index contributed by atoms with van der Waals surface area (Å²) in [6.07, 6.45) is 2.05. The molecule has 0 aromatic heterocycles. The van der Waals surface area contributed by atoms with Gasteiger partial charge in [-0.15, -0.1) is 0 Å². The number of nitrogens with zero attached hydrogens (tertiary/aromatic N) is 1. The first-order valence-corrected chi connectivity index (χ1v) is 6.88. The van der Waals surface area contributed by atoms with Crippen LogP contribution in [0.25, 0.3) is 0 Å². The van der Waals surface area contributed by atoms with Crippen molar-refractivity contribution < 1.29 is 9.53 Å². The molecule has 1 unspecified atom stereocenters. The summed E-state index contributed by atoms with van der Waals surface area (Å²) in [6.45, 7) is 4.45. The van der Waals surface area contributed by atoms with E-state index in [1.165, 1.54) is 5.56 Å². The molecule has 1 saturated heterocycles. The van der Waals surface area contributed by atoms with Crippen LogP contribution >= 0.6 is 0 Å². The Morgan fingerprint density at radius 3 is 2.74 bits per heavy atom. The van der Waals surface area contributed by atoms with Gasteiger partial charge in [0.1, 0.15) is 0 Å². The van der Waals surface area contributed by atoms with Crippen molar-refractivity contribution in [2.45, 2.75) is 19.8 Å². The Balaban J connectivity index is 1.84. The fourth-order valence-corrected chi connectivity index (χ4v) is 2.24. The third kappa shape index (κ3) is 3.96. The average molecular weight is 262 g/mol. The summed E-state index contributed by atoms with van der Waals surface area (Å²) < 4.78 is 5.32. The van der Waals surface area contributed by atoms with Crippen LogP contribution in [0.3, 0.4) is 0 Å². The van der Waals surface area contributed by atoms with Gasteiger partial charge in [0.25, 0.3) is 0 Å². The molecule has 0 saturated carbocycles. The van der Waals surface area contributed by atoms with E-state index < -0.39 is 0 Å². The molecular weight excluding hydrogens is 240 g/mol. The average Bonchev–Trinajstić information content (AvgIpc) is 2.92. The summed E-state index contributed by atoms with van der Waals surface area (Å²) in [7, 11) is 1.83. The summed E-state index contributed by atoms with van der Waals surface area (Å²) in [4.78, 5) is 13.8. The van der Waals surface area contributed by atoms with Gasteiger partial charge >= 0.3 is 6.03 Å².